The molecular weight excluding hydrogens is 346 g/mol. The summed E-state index contributed by atoms with van der Waals surface area (Å²) in [7, 11) is 0. The van der Waals surface area contributed by atoms with Crippen LogP contribution in [0.2, 0.25) is 0 Å². The Balaban J connectivity index is 1.48. The van der Waals surface area contributed by atoms with Crippen molar-refractivity contribution in [2.24, 2.45) is 5.73 Å². The maximum Gasteiger partial charge on any atom is 0.323 e. The number of benzene rings is 1. The Morgan fingerprint density at radius 3 is 2.19 bits per heavy atom. The second-order valence-electron chi connectivity index (χ2n) is 7.29. The molecule has 2 saturated heterocycles. The van der Waals surface area contributed by atoms with Gasteiger partial charge in [0.1, 0.15) is 11.9 Å². The van der Waals surface area contributed by atoms with Crippen molar-refractivity contribution in [1.82, 2.24) is 9.80 Å². The molecule has 8 heteroatoms. The van der Waals surface area contributed by atoms with E-state index in [4.69, 9.17) is 11.1 Å². The van der Waals surface area contributed by atoms with Crippen LogP contribution in [0.1, 0.15) is 18.4 Å². The fraction of sp³-hybridized carbons (Fsp3) is 0.579. The van der Waals surface area contributed by atoms with E-state index < -0.39 is 12.0 Å². The van der Waals surface area contributed by atoms with Crippen LogP contribution in [0.4, 0.5) is 5.69 Å². The summed E-state index contributed by atoms with van der Waals surface area (Å²) in [6, 6.07) is 7.52. The van der Waals surface area contributed by atoms with Crippen LogP contribution >= 0.6 is 0 Å². The minimum absolute atomic E-state index is 0.0871. The van der Waals surface area contributed by atoms with Gasteiger partial charge in [-0.2, -0.15) is 0 Å². The van der Waals surface area contributed by atoms with E-state index in [2.05, 4.69) is 9.80 Å². The number of anilines is 1. The summed E-state index contributed by atoms with van der Waals surface area (Å²) in [5.74, 6) is -0.857. The van der Waals surface area contributed by atoms with Crippen LogP contribution in [-0.2, 0) is 4.79 Å². The van der Waals surface area contributed by atoms with Crippen molar-refractivity contribution in [3.63, 3.8) is 0 Å². The number of piperidine rings is 1. The number of amidine groups is 1. The van der Waals surface area contributed by atoms with Gasteiger partial charge in [0.15, 0.2) is 0 Å². The summed E-state index contributed by atoms with van der Waals surface area (Å²) < 4.78 is 0. The molecule has 0 bridgehead atoms. The van der Waals surface area contributed by atoms with Gasteiger partial charge < -0.3 is 20.8 Å². The first-order valence-corrected chi connectivity index (χ1v) is 9.50. The molecule has 1 aromatic carbocycles. The number of carbonyl (C=O) groups is 1. The zero-order chi connectivity index (χ0) is 19.4. The third-order valence-corrected chi connectivity index (χ3v) is 5.77. The lowest BCUT2D eigenvalue weighted by molar-refractivity contribution is -0.145. The van der Waals surface area contributed by atoms with E-state index in [9.17, 15) is 15.0 Å². The van der Waals surface area contributed by atoms with Crippen molar-refractivity contribution in [2.45, 2.75) is 24.9 Å². The average Bonchev–Trinajstić information content (AvgIpc) is 2.69. The maximum atomic E-state index is 11.2. The third kappa shape index (κ3) is 4.58. The molecule has 2 fully saturated rings. The second kappa shape index (κ2) is 8.69. The van der Waals surface area contributed by atoms with Crippen LogP contribution in [0.15, 0.2) is 24.3 Å². The summed E-state index contributed by atoms with van der Waals surface area (Å²) in [5, 5.41) is 26.0. The molecule has 0 spiro atoms. The van der Waals surface area contributed by atoms with Gasteiger partial charge in [-0.05, 0) is 37.1 Å². The Morgan fingerprint density at radius 1 is 1.11 bits per heavy atom. The fourth-order valence-corrected chi connectivity index (χ4v) is 4.11. The summed E-state index contributed by atoms with van der Waals surface area (Å²) >= 11 is 0. The van der Waals surface area contributed by atoms with E-state index in [0.717, 1.165) is 63.4 Å². The number of hydrogen-bond donors (Lipinski definition) is 4. The summed E-state index contributed by atoms with van der Waals surface area (Å²) in [6.07, 6.45) is 1.88. The lowest BCUT2D eigenvalue weighted by Crippen LogP contribution is -2.55. The second-order valence-corrected chi connectivity index (χ2v) is 7.29. The van der Waals surface area contributed by atoms with Gasteiger partial charge in [0, 0.05) is 56.6 Å². The summed E-state index contributed by atoms with van der Waals surface area (Å²) in [6.45, 7) is 4.98. The number of hydrogen-bond acceptors (Lipinski definition) is 6. The smallest absolute Gasteiger partial charge is 0.323 e. The van der Waals surface area contributed by atoms with Crippen LogP contribution in [0.3, 0.4) is 0 Å². The molecule has 0 amide bonds. The predicted octanol–water partition coefficient (Wildman–Crippen LogP) is 0.00257. The van der Waals surface area contributed by atoms with Gasteiger partial charge in [-0.3, -0.25) is 20.0 Å². The van der Waals surface area contributed by atoms with Crippen molar-refractivity contribution in [2.75, 3.05) is 50.8 Å². The van der Waals surface area contributed by atoms with Crippen LogP contribution in [0, 0.1) is 5.41 Å². The Morgan fingerprint density at radius 2 is 1.70 bits per heavy atom. The number of aliphatic hydroxyl groups excluding tert-OH is 1. The molecule has 0 saturated carbocycles. The largest absolute Gasteiger partial charge is 0.480 e. The summed E-state index contributed by atoms with van der Waals surface area (Å²) in [4.78, 5) is 17.9. The molecule has 2 heterocycles. The monoisotopic (exact) mass is 375 g/mol. The normalized spacial score (nSPS) is 21.1. The van der Waals surface area contributed by atoms with E-state index in [1.54, 1.807) is 0 Å². The minimum atomic E-state index is -0.944. The van der Waals surface area contributed by atoms with Gasteiger partial charge in [0.25, 0.3) is 0 Å². The lowest BCUT2D eigenvalue weighted by Gasteiger charge is -2.44. The van der Waals surface area contributed by atoms with E-state index >= 15 is 0 Å². The van der Waals surface area contributed by atoms with Crippen molar-refractivity contribution in [3.8, 4) is 0 Å². The molecule has 5 N–H and O–H groups in total. The lowest BCUT2D eigenvalue weighted by atomic mass is 10.0. The van der Waals surface area contributed by atoms with Gasteiger partial charge in [0.2, 0.25) is 0 Å². The van der Waals surface area contributed by atoms with Gasteiger partial charge in [0.05, 0.1) is 6.61 Å². The Hall–Kier alpha value is -2.16. The molecule has 0 aromatic heterocycles. The Labute approximate surface area is 159 Å². The van der Waals surface area contributed by atoms with Gasteiger partial charge in [-0.1, -0.05) is 0 Å². The third-order valence-electron chi connectivity index (χ3n) is 5.77. The number of nitrogens with zero attached hydrogens (tertiary/aromatic N) is 3. The molecular formula is C19H29N5O3. The molecule has 8 nitrogen and oxygen atoms in total. The van der Waals surface area contributed by atoms with Gasteiger partial charge in [-0.15, -0.1) is 0 Å². The number of carboxylic acids is 1. The highest BCUT2D eigenvalue weighted by Crippen LogP contribution is 2.22. The maximum absolute atomic E-state index is 11.2. The highest BCUT2D eigenvalue weighted by molar-refractivity contribution is 5.95. The molecule has 1 aromatic rings. The van der Waals surface area contributed by atoms with Gasteiger partial charge >= 0.3 is 5.97 Å². The van der Waals surface area contributed by atoms with Crippen LogP contribution < -0.4 is 10.6 Å². The molecule has 0 radical (unpaired) electrons. The number of piperazine rings is 1. The number of nitrogen functional groups attached to an aromatic ring is 1. The number of aliphatic carboxylic acids is 1. The van der Waals surface area contributed by atoms with Crippen LogP contribution in [0.5, 0.6) is 0 Å². The van der Waals surface area contributed by atoms with Crippen molar-refractivity contribution in [1.29, 1.82) is 5.41 Å². The van der Waals surface area contributed by atoms with Crippen LogP contribution in [0.25, 0.3) is 0 Å². The van der Waals surface area contributed by atoms with Crippen molar-refractivity contribution >= 4 is 17.5 Å². The minimum Gasteiger partial charge on any atom is -0.480 e. The van der Waals surface area contributed by atoms with Crippen molar-refractivity contribution < 1.29 is 15.0 Å². The first-order valence-electron chi connectivity index (χ1n) is 9.50. The standard InChI is InChI=1S/C19H29N5O3/c20-18(21)14-1-3-15(4-2-14)22-9-11-23(12-10-22)16-5-7-24(8-6-16)17(13-25)19(26)27/h1-4,16-17,25H,5-13H2,(H3,20,21)(H,26,27). The highest BCUT2D eigenvalue weighted by atomic mass is 16.4. The number of carboxylic acid groups (broad SMARTS) is 1. The predicted molar refractivity (Wildman–Crippen MR) is 104 cm³/mol. The summed E-state index contributed by atoms with van der Waals surface area (Å²) in [5.41, 5.74) is 7.41. The van der Waals surface area contributed by atoms with Crippen molar-refractivity contribution in [3.05, 3.63) is 29.8 Å². The number of rotatable bonds is 6. The molecule has 148 valence electrons. The Kier molecular flexibility index (Phi) is 6.30. The first kappa shape index (κ1) is 19.6. The number of aliphatic hydroxyl groups is 1. The van der Waals surface area contributed by atoms with E-state index in [1.165, 1.54) is 0 Å². The number of nitrogens with two attached hydrogens (primary N) is 1. The number of likely N-dealkylation sites (tertiary alicyclic amines) is 1. The number of nitrogens with one attached hydrogen (secondary N) is 1. The highest BCUT2D eigenvalue weighted by Gasteiger charge is 2.32. The molecule has 0 aliphatic carbocycles. The fourth-order valence-electron chi connectivity index (χ4n) is 4.11. The quantitative estimate of drug-likeness (QED) is 0.408. The molecule has 1 unspecified atom stereocenters. The molecule has 3 rings (SSSR count). The van der Waals surface area contributed by atoms with Gasteiger partial charge in [-0.25, -0.2) is 0 Å². The Bertz CT molecular complexity index is 650. The topological polar surface area (TPSA) is 117 Å². The molecule has 27 heavy (non-hydrogen) atoms. The SMILES string of the molecule is N=C(N)c1ccc(N2CCN(C3CCN(C(CO)C(=O)O)CC3)CC2)cc1. The van der Waals surface area contributed by atoms with E-state index in [1.807, 2.05) is 29.2 Å². The van der Waals surface area contributed by atoms with Crippen LogP contribution in [-0.4, -0.2) is 89.8 Å². The average molecular weight is 375 g/mol. The zero-order valence-corrected chi connectivity index (χ0v) is 15.5. The molecule has 2 aliphatic rings. The molecule has 2 aliphatic heterocycles. The molecule has 1 atom stereocenters. The van der Waals surface area contributed by atoms with E-state index in [0.29, 0.717) is 6.04 Å². The van der Waals surface area contributed by atoms with E-state index in [-0.39, 0.29) is 12.4 Å². The zero-order valence-electron chi connectivity index (χ0n) is 15.5. The first-order chi connectivity index (χ1) is 13.0.